The second kappa shape index (κ2) is 6.95. The monoisotopic (exact) mass is 261 g/mol. The summed E-state index contributed by atoms with van der Waals surface area (Å²) in [5.74, 6) is 2.45. The number of nitrogens with one attached hydrogen (secondary N) is 1. The van der Waals surface area contributed by atoms with Crippen molar-refractivity contribution in [3.8, 4) is 5.75 Å². The fourth-order valence-corrected chi connectivity index (χ4v) is 2.48. The molecule has 19 heavy (non-hydrogen) atoms. The zero-order valence-corrected chi connectivity index (χ0v) is 12.5. The van der Waals surface area contributed by atoms with Gasteiger partial charge in [-0.2, -0.15) is 0 Å². The molecule has 0 bridgehead atoms. The van der Waals surface area contributed by atoms with Crippen LogP contribution in [-0.2, 0) is 6.42 Å². The Morgan fingerprint density at radius 1 is 1.26 bits per heavy atom. The molecule has 1 N–H and O–H groups in total. The standard InChI is InChI=1S/C17H27NO/c1-4-13(2)15(12-18-16-7-8-16)11-14-5-9-17(19-3)10-6-14/h5-6,9-10,13,15-16,18H,4,7-8,11-12H2,1-3H3. The van der Waals surface area contributed by atoms with Crippen molar-refractivity contribution in [3.05, 3.63) is 29.8 Å². The number of ether oxygens (including phenoxy) is 1. The molecule has 0 spiro atoms. The van der Waals surface area contributed by atoms with Gasteiger partial charge in [0, 0.05) is 6.04 Å². The van der Waals surface area contributed by atoms with E-state index in [1.807, 2.05) is 0 Å². The van der Waals surface area contributed by atoms with Crippen LogP contribution in [0.25, 0.3) is 0 Å². The topological polar surface area (TPSA) is 21.3 Å². The van der Waals surface area contributed by atoms with Crippen LogP contribution in [0.2, 0.25) is 0 Å². The first-order valence-corrected chi connectivity index (χ1v) is 7.59. The molecule has 0 saturated heterocycles. The Labute approximate surface area is 117 Å². The molecule has 2 unspecified atom stereocenters. The van der Waals surface area contributed by atoms with E-state index in [2.05, 4.69) is 43.4 Å². The summed E-state index contributed by atoms with van der Waals surface area (Å²) in [7, 11) is 1.72. The van der Waals surface area contributed by atoms with Gasteiger partial charge in [0.25, 0.3) is 0 Å². The van der Waals surface area contributed by atoms with Gasteiger partial charge in [0.1, 0.15) is 5.75 Å². The summed E-state index contributed by atoms with van der Waals surface area (Å²) in [5, 5.41) is 3.69. The Bertz CT molecular complexity index is 369. The van der Waals surface area contributed by atoms with Crippen LogP contribution in [0.1, 0.15) is 38.7 Å². The highest BCUT2D eigenvalue weighted by Gasteiger charge is 2.23. The normalized spacial score (nSPS) is 18.1. The summed E-state index contributed by atoms with van der Waals surface area (Å²) < 4.78 is 5.22. The van der Waals surface area contributed by atoms with Gasteiger partial charge < -0.3 is 10.1 Å². The van der Waals surface area contributed by atoms with Crippen LogP contribution in [-0.4, -0.2) is 19.7 Å². The van der Waals surface area contributed by atoms with Crippen molar-refractivity contribution in [1.82, 2.24) is 5.32 Å². The van der Waals surface area contributed by atoms with Crippen molar-refractivity contribution < 1.29 is 4.74 Å². The van der Waals surface area contributed by atoms with Gasteiger partial charge in [-0.3, -0.25) is 0 Å². The fourth-order valence-electron chi connectivity index (χ4n) is 2.48. The van der Waals surface area contributed by atoms with Gasteiger partial charge in [0.15, 0.2) is 0 Å². The average molecular weight is 261 g/mol. The molecular formula is C17H27NO. The van der Waals surface area contributed by atoms with Crippen molar-refractivity contribution in [3.63, 3.8) is 0 Å². The molecule has 1 aromatic carbocycles. The predicted octanol–water partition coefficient (Wildman–Crippen LogP) is 3.65. The van der Waals surface area contributed by atoms with Crippen molar-refractivity contribution in [2.24, 2.45) is 11.8 Å². The Kier molecular flexibility index (Phi) is 5.26. The van der Waals surface area contributed by atoms with Crippen molar-refractivity contribution in [2.45, 2.75) is 45.6 Å². The number of methoxy groups -OCH3 is 1. The van der Waals surface area contributed by atoms with Gasteiger partial charge >= 0.3 is 0 Å². The lowest BCUT2D eigenvalue weighted by Gasteiger charge is -2.23. The molecule has 2 atom stereocenters. The summed E-state index contributed by atoms with van der Waals surface area (Å²) >= 11 is 0. The summed E-state index contributed by atoms with van der Waals surface area (Å²) in [6.07, 6.45) is 5.16. The molecule has 1 fully saturated rings. The Balaban J connectivity index is 1.92. The lowest BCUT2D eigenvalue weighted by Crippen LogP contribution is -2.30. The molecule has 1 saturated carbocycles. The van der Waals surface area contributed by atoms with Crippen LogP contribution < -0.4 is 10.1 Å². The van der Waals surface area contributed by atoms with Crippen molar-refractivity contribution in [1.29, 1.82) is 0 Å². The van der Waals surface area contributed by atoms with Gasteiger partial charge in [-0.05, 0) is 55.3 Å². The van der Waals surface area contributed by atoms with Crippen LogP contribution in [0, 0.1) is 11.8 Å². The third kappa shape index (κ3) is 4.54. The highest BCUT2D eigenvalue weighted by Crippen LogP contribution is 2.24. The third-order valence-electron chi connectivity index (χ3n) is 4.35. The molecule has 0 aromatic heterocycles. The first-order valence-electron chi connectivity index (χ1n) is 7.59. The zero-order valence-electron chi connectivity index (χ0n) is 12.5. The van der Waals surface area contributed by atoms with E-state index in [-0.39, 0.29) is 0 Å². The molecule has 2 nitrogen and oxygen atoms in total. The summed E-state index contributed by atoms with van der Waals surface area (Å²) in [6.45, 7) is 5.83. The molecule has 2 rings (SSSR count). The summed E-state index contributed by atoms with van der Waals surface area (Å²) in [4.78, 5) is 0. The van der Waals surface area contributed by atoms with Gasteiger partial charge in [-0.15, -0.1) is 0 Å². The fraction of sp³-hybridized carbons (Fsp3) is 0.647. The minimum absolute atomic E-state index is 0.735. The van der Waals surface area contributed by atoms with Gasteiger partial charge in [0.2, 0.25) is 0 Å². The molecule has 0 amide bonds. The van der Waals surface area contributed by atoms with Gasteiger partial charge in [-0.25, -0.2) is 0 Å². The van der Waals surface area contributed by atoms with Gasteiger partial charge in [-0.1, -0.05) is 32.4 Å². The van der Waals surface area contributed by atoms with E-state index >= 15 is 0 Å². The maximum Gasteiger partial charge on any atom is 0.118 e. The highest BCUT2D eigenvalue weighted by molar-refractivity contribution is 5.27. The summed E-state index contributed by atoms with van der Waals surface area (Å²) in [6, 6.07) is 9.34. The Morgan fingerprint density at radius 2 is 1.95 bits per heavy atom. The maximum absolute atomic E-state index is 5.22. The second-order valence-corrected chi connectivity index (χ2v) is 5.88. The largest absolute Gasteiger partial charge is 0.497 e. The molecule has 1 aromatic rings. The van der Waals surface area contributed by atoms with Crippen LogP contribution in [0.3, 0.4) is 0 Å². The average Bonchev–Trinajstić information content (AvgIpc) is 3.27. The van der Waals surface area contributed by atoms with E-state index < -0.39 is 0 Å². The summed E-state index contributed by atoms with van der Waals surface area (Å²) in [5.41, 5.74) is 1.42. The van der Waals surface area contributed by atoms with Crippen LogP contribution in [0.15, 0.2) is 24.3 Å². The number of hydrogen-bond acceptors (Lipinski definition) is 2. The number of rotatable bonds is 8. The predicted molar refractivity (Wildman–Crippen MR) is 80.7 cm³/mol. The van der Waals surface area contributed by atoms with E-state index in [1.165, 1.54) is 31.2 Å². The minimum atomic E-state index is 0.735. The molecule has 0 aliphatic heterocycles. The van der Waals surface area contributed by atoms with Crippen LogP contribution in [0.5, 0.6) is 5.75 Å². The molecule has 1 aliphatic rings. The first kappa shape index (κ1) is 14.4. The molecule has 1 aliphatic carbocycles. The molecule has 0 radical (unpaired) electrons. The molecule has 106 valence electrons. The Hall–Kier alpha value is -1.02. The SMILES string of the molecule is CCC(C)C(CNC1CC1)Cc1ccc(OC)cc1. The van der Waals surface area contributed by atoms with E-state index in [0.29, 0.717) is 0 Å². The first-order chi connectivity index (χ1) is 9.22. The van der Waals surface area contributed by atoms with E-state index in [0.717, 1.165) is 30.2 Å². The molecular weight excluding hydrogens is 234 g/mol. The second-order valence-electron chi connectivity index (χ2n) is 5.88. The van der Waals surface area contributed by atoms with E-state index in [9.17, 15) is 0 Å². The third-order valence-corrected chi connectivity index (χ3v) is 4.35. The lowest BCUT2D eigenvalue weighted by molar-refractivity contribution is 0.328. The minimum Gasteiger partial charge on any atom is -0.497 e. The van der Waals surface area contributed by atoms with Crippen LogP contribution in [0.4, 0.5) is 0 Å². The highest BCUT2D eigenvalue weighted by atomic mass is 16.5. The quantitative estimate of drug-likeness (QED) is 0.771. The van der Waals surface area contributed by atoms with Crippen molar-refractivity contribution in [2.75, 3.05) is 13.7 Å². The van der Waals surface area contributed by atoms with E-state index in [1.54, 1.807) is 7.11 Å². The lowest BCUT2D eigenvalue weighted by atomic mass is 9.86. The van der Waals surface area contributed by atoms with Gasteiger partial charge in [0.05, 0.1) is 7.11 Å². The smallest absolute Gasteiger partial charge is 0.118 e. The zero-order chi connectivity index (χ0) is 13.7. The maximum atomic E-state index is 5.22. The Morgan fingerprint density at radius 3 is 2.47 bits per heavy atom. The number of benzene rings is 1. The van der Waals surface area contributed by atoms with Crippen molar-refractivity contribution >= 4 is 0 Å². The molecule has 0 heterocycles. The number of hydrogen-bond donors (Lipinski definition) is 1. The molecule has 2 heteroatoms. The van der Waals surface area contributed by atoms with Crippen LogP contribution >= 0.6 is 0 Å². The van der Waals surface area contributed by atoms with E-state index in [4.69, 9.17) is 4.74 Å².